The minimum Gasteiger partial charge on any atom is -0.515 e. The zero-order valence-electron chi connectivity index (χ0n) is 21.1. The number of benzene rings is 2. The standard InChI is InChI=1S/C28H36NO3P/c1-18-13-23(14-19(2)27(18)31-7)33(24-15-20(3)28(32-8)21(4)16-24)26-10-9-22(25(26)17-30)11-12-29(5)6/h9-10,13-17,30H,11-12H2,1-8H3. The van der Waals surface area contributed by atoms with Gasteiger partial charge in [0.25, 0.3) is 0 Å². The molecular formula is C28H36NO3P. The second kappa shape index (κ2) is 10.6. The fraction of sp³-hybridized carbons (Fsp3) is 0.357. The number of aryl methyl sites for hydroxylation is 4. The van der Waals surface area contributed by atoms with E-state index in [4.69, 9.17) is 9.47 Å². The largest absolute Gasteiger partial charge is 0.515 e. The summed E-state index contributed by atoms with van der Waals surface area (Å²) in [5, 5.41) is 14.0. The number of nitrogens with zero attached hydrogens (tertiary/aromatic N) is 1. The Kier molecular flexibility index (Phi) is 8.05. The summed E-state index contributed by atoms with van der Waals surface area (Å²) in [6.07, 6.45) is 6.55. The normalized spacial score (nSPS) is 14.8. The van der Waals surface area contributed by atoms with E-state index in [1.807, 2.05) is 0 Å². The highest BCUT2D eigenvalue weighted by atomic mass is 31.1. The van der Waals surface area contributed by atoms with Crippen LogP contribution in [0.25, 0.3) is 0 Å². The highest BCUT2D eigenvalue weighted by Crippen LogP contribution is 2.52. The minimum atomic E-state index is -0.893. The summed E-state index contributed by atoms with van der Waals surface area (Å²) in [5.41, 5.74) is 6.61. The predicted molar refractivity (Wildman–Crippen MR) is 141 cm³/mol. The Morgan fingerprint density at radius 3 is 1.64 bits per heavy atom. The molecule has 0 aromatic heterocycles. The molecule has 176 valence electrons. The Balaban J connectivity index is 2.16. The van der Waals surface area contributed by atoms with Gasteiger partial charge in [-0.2, -0.15) is 0 Å². The van der Waals surface area contributed by atoms with E-state index in [2.05, 4.69) is 83.1 Å². The van der Waals surface area contributed by atoms with Gasteiger partial charge in [0, 0.05) is 12.1 Å². The number of aliphatic hydroxyl groups excluding tert-OH is 1. The molecule has 2 aromatic rings. The number of ether oxygens (including phenoxy) is 2. The van der Waals surface area contributed by atoms with Gasteiger partial charge in [-0.25, -0.2) is 0 Å². The van der Waals surface area contributed by atoms with Gasteiger partial charge in [-0.05, 0) is 124 Å². The molecular weight excluding hydrogens is 429 g/mol. The highest BCUT2D eigenvalue weighted by molar-refractivity contribution is 7.77. The average Bonchev–Trinajstić information content (AvgIpc) is 3.14. The van der Waals surface area contributed by atoms with Crippen molar-refractivity contribution in [3.05, 3.63) is 81.4 Å². The maximum Gasteiger partial charge on any atom is 0.124 e. The first kappa shape index (κ1) is 25.1. The van der Waals surface area contributed by atoms with E-state index in [1.165, 1.54) is 27.8 Å². The molecule has 3 rings (SSSR count). The lowest BCUT2D eigenvalue weighted by Crippen LogP contribution is -2.17. The molecule has 0 unspecified atom stereocenters. The van der Waals surface area contributed by atoms with Gasteiger partial charge >= 0.3 is 0 Å². The van der Waals surface area contributed by atoms with Crippen LogP contribution in [0.4, 0.5) is 0 Å². The van der Waals surface area contributed by atoms with E-state index >= 15 is 0 Å². The van der Waals surface area contributed by atoms with E-state index < -0.39 is 7.92 Å². The van der Waals surface area contributed by atoms with Crippen molar-refractivity contribution >= 4 is 18.5 Å². The zero-order valence-corrected chi connectivity index (χ0v) is 22.0. The van der Waals surface area contributed by atoms with Crippen LogP contribution in [-0.2, 0) is 0 Å². The molecule has 0 saturated carbocycles. The Labute approximate surface area is 200 Å². The van der Waals surface area contributed by atoms with Crippen LogP contribution in [0.5, 0.6) is 11.5 Å². The van der Waals surface area contributed by atoms with Crippen LogP contribution < -0.4 is 20.1 Å². The summed E-state index contributed by atoms with van der Waals surface area (Å²) < 4.78 is 11.3. The minimum absolute atomic E-state index is 0.893. The molecule has 0 spiro atoms. The molecule has 0 radical (unpaired) electrons. The topological polar surface area (TPSA) is 41.9 Å². The Bertz CT molecular complexity index is 1020. The number of allylic oxidation sites excluding steroid dienone is 4. The van der Waals surface area contributed by atoms with Crippen molar-refractivity contribution in [2.75, 3.05) is 34.9 Å². The lowest BCUT2D eigenvalue weighted by molar-refractivity contribution is 0.408. The van der Waals surface area contributed by atoms with Gasteiger partial charge < -0.3 is 19.5 Å². The van der Waals surface area contributed by atoms with E-state index in [-0.39, 0.29) is 0 Å². The van der Waals surface area contributed by atoms with E-state index in [0.29, 0.717) is 0 Å². The quantitative estimate of drug-likeness (QED) is 0.408. The second-order valence-electron chi connectivity index (χ2n) is 8.90. The van der Waals surface area contributed by atoms with Crippen molar-refractivity contribution in [2.45, 2.75) is 34.1 Å². The third kappa shape index (κ3) is 5.18. The lowest BCUT2D eigenvalue weighted by atomic mass is 10.1. The van der Waals surface area contributed by atoms with Crippen molar-refractivity contribution in [1.29, 1.82) is 0 Å². The SMILES string of the molecule is COc1c(C)cc(P(C2=CC=C(CCN(C)C)C2=CO)c2cc(C)c(OC)c(C)c2)cc1C. The summed E-state index contributed by atoms with van der Waals surface area (Å²) in [6, 6.07) is 8.94. The van der Waals surface area contributed by atoms with Crippen molar-refractivity contribution < 1.29 is 14.6 Å². The molecule has 0 bridgehead atoms. The maximum absolute atomic E-state index is 10.3. The number of rotatable bonds is 8. The molecule has 1 aliphatic rings. The predicted octanol–water partition coefficient (Wildman–Crippen LogP) is 5.59. The summed E-state index contributed by atoms with van der Waals surface area (Å²) in [5.74, 6) is 1.86. The van der Waals surface area contributed by atoms with Gasteiger partial charge in [0.15, 0.2) is 0 Å². The van der Waals surface area contributed by atoms with E-state index in [1.54, 1.807) is 14.2 Å². The number of hydrogen-bond acceptors (Lipinski definition) is 4. The molecule has 0 fully saturated rings. The molecule has 0 amide bonds. The first-order valence-corrected chi connectivity index (χ1v) is 12.6. The van der Waals surface area contributed by atoms with Gasteiger partial charge in [0.1, 0.15) is 11.5 Å². The van der Waals surface area contributed by atoms with Crippen molar-refractivity contribution in [3.8, 4) is 11.5 Å². The van der Waals surface area contributed by atoms with Crippen LogP contribution in [-0.4, -0.2) is 44.9 Å². The van der Waals surface area contributed by atoms with Crippen LogP contribution in [0, 0.1) is 27.7 Å². The van der Waals surface area contributed by atoms with Crippen LogP contribution in [0.15, 0.2) is 59.1 Å². The summed E-state index contributed by atoms with van der Waals surface area (Å²) in [4.78, 5) is 2.17. The third-order valence-corrected chi connectivity index (χ3v) is 8.50. The van der Waals surface area contributed by atoms with Crippen LogP contribution in [0.2, 0.25) is 0 Å². The van der Waals surface area contributed by atoms with Crippen molar-refractivity contribution in [3.63, 3.8) is 0 Å². The van der Waals surface area contributed by atoms with Crippen molar-refractivity contribution in [2.24, 2.45) is 0 Å². The van der Waals surface area contributed by atoms with Gasteiger partial charge in [-0.15, -0.1) is 0 Å². The van der Waals surface area contributed by atoms with Crippen LogP contribution in [0.1, 0.15) is 28.7 Å². The summed E-state index contributed by atoms with van der Waals surface area (Å²) >= 11 is 0. The molecule has 1 N–H and O–H groups in total. The third-order valence-electron chi connectivity index (χ3n) is 6.08. The fourth-order valence-electron chi connectivity index (χ4n) is 4.61. The summed E-state index contributed by atoms with van der Waals surface area (Å²) in [7, 11) is 6.70. The molecule has 5 heteroatoms. The van der Waals surface area contributed by atoms with Crippen molar-refractivity contribution in [1.82, 2.24) is 4.90 Å². The monoisotopic (exact) mass is 465 g/mol. The second-order valence-corrected chi connectivity index (χ2v) is 11.1. The average molecular weight is 466 g/mol. The number of methoxy groups -OCH3 is 2. The van der Waals surface area contributed by atoms with Gasteiger partial charge in [0.05, 0.1) is 20.5 Å². The van der Waals surface area contributed by atoms with Gasteiger partial charge in [-0.3, -0.25) is 0 Å². The maximum atomic E-state index is 10.3. The molecule has 2 aromatic carbocycles. The number of aliphatic hydroxyl groups is 1. The summed E-state index contributed by atoms with van der Waals surface area (Å²) in [6.45, 7) is 9.32. The Morgan fingerprint density at radius 2 is 1.27 bits per heavy atom. The van der Waals surface area contributed by atoms with E-state index in [0.717, 1.165) is 52.3 Å². The molecule has 4 nitrogen and oxygen atoms in total. The first-order valence-electron chi connectivity index (χ1n) is 11.2. The Morgan fingerprint density at radius 1 is 0.818 bits per heavy atom. The Hall–Kier alpha value is -2.55. The van der Waals surface area contributed by atoms with Gasteiger partial charge in [-0.1, -0.05) is 12.2 Å². The molecule has 1 aliphatic carbocycles. The number of hydrogen-bond donors (Lipinski definition) is 1. The van der Waals surface area contributed by atoms with Crippen LogP contribution >= 0.6 is 7.92 Å². The van der Waals surface area contributed by atoms with Gasteiger partial charge in [0.2, 0.25) is 0 Å². The highest BCUT2D eigenvalue weighted by Gasteiger charge is 2.28. The molecule has 0 atom stereocenters. The molecule has 0 saturated heterocycles. The van der Waals surface area contributed by atoms with Crippen LogP contribution in [0.3, 0.4) is 0 Å². The fourth-order valence-corrected chi connectivity index (χ4v) is 7.43. The first-order chi connectivity index (χ1) is 15.7. The lowest BCUT2D eigenvalue weighted by Gasteiger charge is -2.25. The zero-order chi connectivity index (χ0) is 24.3. The smallest absolute Gasteiger partial charge is 0.124 e. The molecule has 0 aliphatic heterocycles. The molecule has 33 heavy (non-hydrogen) atoms. The molecule has 0 heterocycles. The van der Waals surface area contributed by atoms with E-state index in [9.17, 15) is 5.11 Å².